The van der Waals surface area contributed by atoms with Gasteiger partial charge in [0, 0.05) is 17.5 Å². The summed E-state index contributed by atoms with van der Waals surface area (Å²) in [5.41, 5.74) is 2.64. The van der Waals surface area contributed by atoms with Gasteiger partial charge in [0.2, 0.25) is 0 Å². The molecule has 2 aliphatic carbocycles. The molecule has 1 spiro atoms. The topological polar surface area (TPSA) is 113 Å². The van der Waals surface area contributed by atoms with E-state index in [0.29, 0.717) is 23.6 Å². The van der Waals surface area contributed by atoms with Gasteiger partial charge in [0.25, 0.3) is 0 Å². The van der Waals surface area contributed by atoms with Crippen molar-refractivity contribution in [1.82, 2.24) is 35.6 Å². The first-order valence-electron chi connectivity index (χ1n) is 12.2. The lowest BCUT2D eigenvalue weighted by Crippen LogP contribution is -2.19. The largest absolute Gasteiger partial charge is 0.346 e. The Morgan fingerprint density at radius 3 is 2.66 bits per heavy atom. The van der Waals surface area contributed by atoms with Crippen molar-refractivity contribution in [3.8, 4) is 0 Å². The van der Waals surface area contributed by atoms with E-state index in [1.54, 1.807) is 6.33 Å². The van der Waals surface area contributed by atoms with E-state index in [-0.39, 0.29) is 11.7 Å². The molecule has 0 amide bonds. The minimum atomic E-state index is 0.111. The van der Waals surface area contributed by atoms with E-state index in [9.17, 15) is 4.79 Å². The van der Waals surface area contributed by atoms with Gasteiger partial charge in [-0.2, -0.15) is 5.21 Å². The molecule has 0 aromatic carbocycles. The molecule has 2 N–H and O–H groups in total. The van der Waals surface area contributed by atoms with Crippen LogP contribution in [0.2, 0.25) is 0 Å². The fraction of sp³-hybridized carbons (Fsp3) is 0.667. The molecule has 8 heteroatoms. The van der Waals surface area contributed by atoms with E-state index >= 15 is 0 Å². The van der Waals surface area contributed by atoms with Crippen LogP contribution >= 0.6 is 0 Å². The maximum Gasteiger partial charge on any atom is 0.181 e. The average Bonchev–Trinajstić information content (AvgIpc) is 3.15. The zero-order valence-corrected chi connectivity index (χ0v) is 18.7. The second-order valence-corrected chi connectivity index (χ2v) is 10.0. The monoisotopic (exact) mass is 435 g/mol. The summed E-state index contributed by atoms with van der Waals surface area (Å²) in [6.07, 6.45) is 18.2. The van der Waals surface area contributed by atoms with Crippen molar-refractivity contribution < 1.29 is 4.79 Å². The third kappa shape index (κ3) is 5.05. The first kappa shape index (κ1) is 21.2. The lowest BCUT2D eigenvalue weighted by molar-refractivity contribution is -0.122. The van der Waals surface area contributed by atoms with Crippen LogP contribution in [0.25, 0.3) is 11.0 Å². The lowest BCUT2D eigenvalue weighted by atomic mass is 9.82. The van der Waals surface area contributed by atoms with E-state index in [1.807, 2.05) is 6.20 Å². The number of ketones is 1. The summed E-state index contributed by atoms with van der Waals surface area (Å²) in [5.74, 6) is 1.50. The predicted octanol–water partition coefficient (Wildman–Crippen LogP) is 4.36. The Morgan fingerprint density at radius 1 is 1.03 bits per heavy atom. The van der Waals surface area contributed by atoms with Crippen LogP contribution in [0.15, 0.2) is 18.6 Å². The van der Waals surface area contributed by atoms with Gasteiger partial charge < -0.3 is 4.98 Å². The Labute approximate surface area is 188 Å². The summed E-state index contributed by atoms with van der Waals surface area (Å²) >= 11 is 0. The van der Waals surface area contributed by atoms with Crippen LogP contribution in [0.1, 0.15) is 82.1 Å². The Bertz CT molecular complexity index is 1020. The van der Waals surface area contributed by atoms with Crippen molar-refractivity contribution in [3.05, 3.63) is 30.1 Å². The molecule has 0 saturated heterocycles. The summed E-state index contributed by atoms with van der Waals surface area (Å²) in [4.78, 5) is 25.2. The molecule has 2 unspecified atom stereocenters. The third-order valence-electron chi connectivity index (χ3n) is 7.80. The number of nitrogens with zero attached hydrogens (tertiary/aromatic N) is 5. The van der Waals surface area contributed by atoms with Crippen molar-refractivity contribution in [2.24, 2.45) is 17.3 Å². The fourth-order valence-electron chi connectivity index (χ4n) is 5.68. The number of hydrogen-bond acceptors (Lipinski definition) is 6. The molecule has 8 nitrogen and oxygen atoms in total. The highest BCUT2D eigenvalue weighted by atomic mass is 16.1. The summed E-state index contributed by atoms with van der Waals surface area (Å²) in [6.45, 7) is 0. The standard InChI is InChI=1S/C24H33N7O/c32-21(15-22-28-30-31-29-22)18-6-1-4-17(5-2-9-24(11-12-24)10-3-7-18)14-20-19-8-13-25-23(19)27-16-26-20/h8,13,16-18H,1-7,9-12,14-15H2,(H,25,26,27)(H,28,29,30,31). The number of fused-ring (bicyclic) bond motifs is 1. The molecule has 3 heterocycles. The highest BCUT2D eigenvalue weighted by Crippen LogP contribution is 2.54. The number of Topliss-reactive ketones (excluding diaryl/α,β-unsaturated/α-hetero) is 1. The molecule has 2 saturated carbocycles. The molecule has 2 atom stereocenters. The van der Waals surface area contributed by atoms with E-state index in [2.05, 4.69) is 41.6 Å². The number of carbonyl (C=O) groups is 1. The molecular weight excluding hydrogens is 402 g/mol. The second-order valence-electron chi connectivity index (χ2n) is 10.0. The second kappa shape index (κ2) is 9.46. The molecule has 5 rings (SSSR count). The summed E-state index contributed by atoms with van der Waals surface area (Å²) in [5, 5.41) is 15.2. The zero-order chi connectivity index (χ0) is 21.8. The normalized spacial score (nSPS) is 24.1. The van der Waals surface area contributed by atoms with E-state index < -0.39 is 0 Å². The van der Waals surface area contributed by atoms with Crippen LogP contribution < -0.4 is 0 Å². The number of aromatic nitrogens is 7. The molecule has 2 aliphatic rings. The van der Waals surface area contributed by atoms with Gasteiger partial charge in [-0.25, -0.2) is 9.97 Å². The minimum absolute atomic E-state index is 0.111. The number of hydrogen-bond donors (Lipinski definition) is 2. The van der Waals surface area contributed by atoms with Crippen LogP contribution in [-0.4, -0.2) is 41.4 Å². The first-order valence-corrected chi connectivity index (χ1v) is 12.2. The van der Waals surface area contributed by atoms with Gasteiger partial charge in [-0.15, -0.1) is 10.2 Å². The quantitative estimate of drug-likeness (QED) is 0.615. The van der Waals surface area contributed by atoms with Crippen LogP contribution in [0.5, 0.6) is 0 Å². The van der Waals surface area contributed by atoms with E-state index in [4.69, 9.17) is 0 Å². The number of tetrazole rings is 1. The zero-order valence-electron chi connectivity index (χ0n) is 18.7. The molecule has 0 aliphatic heterocycles. The van der Waals surface area contributed by atoms with Crippen molar-refractivity contribution >= 4 is 16.8 Å². The summed E-state index contributed by atoms with van der Waals surface area (Å²) in [6, 6.07) is 2.09. The highest BCUT2D eigenvalue weighted by Gasteiger charge is 2.41. The molecular formula is C24H33N7O. The Hall–Kier alpha value is -2.64. The van der Waals surface area contributed by atoms with Crippen LogP contribution in [0.3, 0.4) is 0 Å². The lowest BCUT2D eigenvalue weighted by Gasteiger charge is -2.23. The van der Waals surface area contributed by atoms with Gasteiger partial charge in [-0.05, 0) is 62.3 Å². The molecule has 2 fully saturated rings. The van der Waals surface area contributed by atoms with E-state index in [0.717, 1.165) is 48.8 Å². The van der Waals surface area contributed by atoms with Crippen LogP contribution in [0.4, 0.5) is 0 Å². The Morgan fingerprint density at radius 2 is 1.84 bits per heavy atom. The maximum absolute atomic E-state index is 13.0. The number of rotatable bonds is 5. The highest BCUT2D eigenvalue weighted by molar-refractivity contribution is 5.82. The van der Waals surface area contributed by atoms with E-state index in [1.165, 1.54) is 44.9 Å². The number of nitrogens with one attached hydrogen (secondary N) is 2. The van der Waals surface area contributed by atoms with Gasteiger partial charge in [0.15, 0.2) is 5.82 Å². The van der Waals surface area contributed by atoms with Crippen molar-refractivity contribution in [2.45, 2.75) is 83.5 Å². The number of H-pyrrole nitrogens is 2. The third-order valence-corrected chi connectivity index (χ3v) is 7.80. The summed E-state index contributed by atoms with van der Waals surface area (Å²) < 4.78 is 0. The van der Waals surface area contributed by atoms with Gasteiger partial charge in [0.05, 0.1) is 12.1 Å². The Balaban J connectivity index is 1.27. The molecule has 170 valence electrons. The molecule has 3 aromatic rings. The Kier molecular flexibility index (Phi) is 6.28. The predicted molar refractivity (Wildman–Crippen MR) is 121 cm³/mol. The van der Waals surface area contributed by atoms with Gasteiger partial charge in [-0.1, -0.05) is 37.3 Å². The average molecular weight is 436 g/mol. The molecule has 0 radical (unpaired) electrons. The van der Waals surface area contributed by atoms with Gasteiger partial charge in [0.1, 0.15) is 17.8 Å². The summed E-state index contributed by atoms with van der Waals surface area (Å²) in [7, 11) is 0. The van der Waals surface area contributed by atoms with Crippen LogP contribution in [0, 0.1) is 17.3 Å². The number of aromatic amines is 2. The van der Waals surface area contributed by atoms with Crippen molar-refractivity contribution in [1.29, 1.82) is 0 Å². The smallest absolute Gasteiger partial charge is 0.181 e. The minimum Gasteiger partial charge on any atom is -0.346 e. The SMILES string of the molecule is O=C(Cc1nn[nH]n1)C1CCCC(Cc2ncnc3[nH]ccc23)CCCC2(CCC1)CC2. The number of carbonyl (C=O) groups excluding carboxylic acids is 1. The van der Waals surface area contributed by atoms with Gasteiger partial charge in [-0.3, -0.25) is 4.79 Å². The van der Waals surface area contributed by atoms with Crippen molar-refractivity contribution in [2.75, 3.05) is 0 Å². The molecule has 3 aromatic heterocycles. The first-order chi connectivity index (χ1) is 15.7. The molecule has 0 bridgehead atoms. The molecule has 32 heavy (non-hydrogen) atoms. The van der Waals surface area contributed by atoms with Crippen molar-refractivity contribution in [3.63, 3.8) is 0 Å². The van der Waals surface area contributed by atoms with Crippen LogP contribution in [-0.2, 0) is 17.6 Å². The maximum atomic E-state index is 13.0. The van der Waals surface area contributed by atoms with Gasteiger partial charge >= 0.3 is 0 Å². The fourth-order valence-corrected chi connectivity index (χ4v) is 5.68.